The first-order chi connectivity index (χ1) is 11.9. The van der Waals surface area contributed by atoms with Gasteiger partial charge in [-0.15, -0.1) is 0 Å². The first-order valence-electron chi connectivity index (χ1n) is 7.44. The Balaban J connectivity index is 2.17. The lowest BCUT2D eigenvalue weighted by Gasteiger charge is -2.18. The van der Waals surface area contributed by atoms with E-state index in [4.69, 9.17) is 10.2 Å². The Bertz CT molecular complexity index is 806. The summed E-state index contributed by atoms with van der Waals surface area (Å²) in [6, 6.07) is 10.4. The molecule has 0 fully saturated rings. The first kappa shape index (κ1) is 18.1. The molecule has 0 aliphatic carbocycles. The molecule has 0 aliphatic rings. The number of nitrogens with one attached hydrogen (secondary N) is 1. The molecule has 7 heteroatoms. The van der Waals surface area contributed by atoms with Crippen molar-refractivity contribution in [2.45, 2.75) is 18.9 Å². The molecule has 0 aromatic heterocycles. The summed E-state index contributed by atoms with van der Waals surface area (Å²) in [7, 11) is 0. The van der Waals surface area contributed by atoms with Gasteiger partial charge in [0.15, 0.2) is 0 Å². The van der Waals surface area contributed by atoms with Gasteiger partial charge in [-0.25, -0.2) is 9.18 Å². The summed E-state index contributed by atoms with van der Waals surface area (Å²) < 4.78 is 13.4. The smallest absolute Gasteiger partial charge is 0.335 e. The van der Waals surface area contributed by atoms with Crippen LogP contribution in [-0.4, -0.2) is 28.1 Å². The number of carboxylic acid groups (broad SMARTS) is 2. The quantitative estimate of drug-likeness (QED) is 0.715. The van der Waals surface area contributed by atoms with Crippen LogP contribution in [0, 0.1) is 5.82 Å². The van der Waals surface area contributed by atoms with Crippen LogP contribution in [0.4, 0.5) is 4.39 Å². The molecule has 2 aromatic rings. The third-order valence-corrected chi connectivity index (χ3v) is 3.56. The summed E-state index contributed by atoms with van der Waals surface area (Å²) in [6.07, 6.45) is -0.649. The molecule has 1 unspecified atom stereocenters. The summed E-state index contributed by atoms with van der Waals surface area (Å²) in [5.74, 6) is -3.40. The number of halogens is 1. The highest BCUT2D eigenvalue weighted by Crippen LogP contribution is 2.19. The van der Waals surface area contributed by atoms with Gasteiger partial charge in [-0.3, -0.25) is 9.59 Å². The average molecular weight is 345 g/mol. The Morgan fingerprint density at radius 1 is 1.04 bits per heavy atom. The van der Waals surface area contributed by atoms with E-state index in [9.17, 15) is 18.8 Å². The molecule has 1 amide bonds. The molecule has 0 bridgehead atoms. The SMILES string of the molecule is O=C(O)CC(NC(=O)Cc1ccccc1C(=O)O)c1cccc(F)c1. The first-order valence-corrected chi connectivity index (χ1v) is 7.44. The van der Waals surface area contributed by atoms with Crippen molar-refractivity contribution in [1.29, 1.82) is 0 Å². The third kappa shape index (κ3) is 5.13. The lowest BCUT2D eigenvalue weighted by molar-refractivity contribution is -0.137. The third-order valence-electron chi connectivity index (χ3n) is 3.56. The van der Waals surface area contributed by atoms with E-state index in [-0.39, 0.29) is 12.0 Å². The molecule has 6 nitrogen and oxygen atoms in total. The number of hydrogen-bond donors (Lipinski definition) is 3. The molecule has 130 valence electrons. The molecule has 2 aromatic carbocycles. The number of aliphatic carboxylic acids is 1. The van der Waals surface area contributed by atoms with E-state index in [1.54, 1.807) is 12.1 Å². The van der Waals surface area contributed by atoms with Crippen LogP contribution < -0.4 is 5.32 Å². The standard InChI is InChI=1S/C18H16FNO5/c19-13-6-3-5-12(8-13)15(10-17(22)23)20-16(21)9-11-4-1-2-7-14(11)18(24)25/h1-8,15H,9-10H2,(H,20,21)(H,22,23)(H,24,25). The van der Waals surface area contributed by atoms with Crippen LogP contribution in [0.5, 0.6) is 0 Å². The number of carboxylic acids is 2. The maximum atomic E-state index is 13.4. The van der Waals surface area contributed by atoms with Gasteiger partial charge in [-0.2, -0.15) is 0 Å². The normalized spacial score (nSPS) is 11.6. The van der Waals surface area contributed by atoms with E-state index in [0.717, 1.165) is 6.07 Å². The van der Waals surface area contributed by atoms with E-state index in [1.165, 1.54) is 30.3 Å². The van der Waals surface area contributed by atoms with Gasteiger partial charge in [0.05, 0.1) is 24.4 Å². The van der Waals surface area contributed by atoms with Gasteiger partial charge >= 0.3 is 11.9 Å². The van der Waals surface area contributed by atoms with Gasteiger partial charge in [0.1, 0.15) is 5.82 Å². The van der Waals surface area contributed by atoms with Crippen molar-refractivity contribution < 1.29 is 29.0 Å². The second kappa shape index (κ2) is 8.05. The Labute approximate surface area is 142 Å². The van der Waals surface area contributed by atoms with Crippen molar-refractivity contribution in [3.8, 4) is 0 Å². The van der Waals surface area contributed by atoms with E-state index < -0.39 is 36.1 Å². The lowest BCUT2D eigenvalue weighted by atomic mass is 10.0. The summed E-state index contributed by atoms with van der Waals surface area (Å²) >= 11 is 0. The van der Waals surface area contributed by atoms with E-state index in [0.29, 0.717) is 11.1 Å². The molecular weight excluding hydrogens is 329 g/mol. The van der Waals surface area contributed by atoms with Crippen molar-refractivity contribution in [2.24, 2.45) is 0 Å². The predicted molar refractivity (Wildman–Crippen MR) is 86.6 cm³/mol. The fourth-order valence-electron chi connectivity index (χ4n) is 2.45. The monoisotopic (exact) mass is 345 g/mol. The highest BCUT2D eigenvalue weighted by Gasteiger charge is 2.20. The molecule has 0 heterocycles. The molecule has 1 atom stereocenters. The fraction of sp³-hybridized carbons (Fsp3) is 0.167. The van der Waals surface area contributed by atoms with Crippen LogP contribution in [0.3, 0.4) is 0 Å². The van der Waals surface area contributed by atoms with Crippen LogP contribution in [0.25, 0.3) is 0 Å². The van der Waals surface area contributed by atoms with Crippen LogP contribution >= 0.6 is 0 Å². The number of amides is 1. The maximum Gasteiger partial charge on any atom is 0.335 e. The van der Waals surface area contributed by atoms with Crippen molar-refractivity contribution >= 4 is 17.8 Å². The minimum absolute atomic E-state index is 0.00168. The molecule has 0 radical (unpaired) electrons. The fourth-order valence-corrected chi connectivity index (χ4v) is 2.45. The molecule has 0 spiro atoms. The Kier molecular flexibility index (Phi) is 5.84. The number of benzene rings is 2. The molecule has 25 heavy (non-hydrogen) atoms. The van der Waals surface area contributed by atoms with Crippen LogP contribution in [-0.2, 0) is 16.0 Å². The number of aromatic carboxylic acids is 1. The van der Waals surface area contributed by atoms with Gasteiger partial charge in [0.2, 0.25) is 5.91 Å². The van der Waals surface area contributed by atoms with Gasteiger partial charge in [0.25, 0.3) is 0 Å². The number of carbonyl (C=O) groups is 3. The average Bonchev–Trinajstić information content (AvgIpc) is 2.54. The van der Waals surface area contributed by atoms with Crippen molar-refractivity contribution in [1.82, 2.24) is 5.32 Å². The number of carbonyl (C=O) groups excluding carboxylic acids is 1. The largest absolute Gasteiger partial charge is 0.481 e. The number of rotatable bonds is 7. The van der Waals surface area contributed by atoms with Crippen molar-refractivity contribution in [2.75, 3.05) is 0 Å². The molecule has 0 saturated heterocycles. The molecular formula is C18H16FNO5. The van der Waals surface area contributed by atoms with E-state index in [1.807, 2.05) is 0 Å². The lowest BCUT2D eigenvalue weighted by Crippen LogP contribution is -2.31. The van der Waals surface area contributed by atoms with Crippen molar-refractivity contribution in [3.05, 3.63) is 71.0 Å². The zero-order valence-electron chi connectivity index (χ0n) is 13.1. The van der Waals surface area contributed by atoms with Crippen LogP contribution in [0.1, 0.15) is 33.9 Å². The van der Waals surface area contributed by atoms with Crippen LogP contribution in [0.2, 0.25) is 0 Å². The van der Waals surface area contributed by atoms with Gasteiger partial charge in [-0.05, 0) is 29.3 Å². The Morgan fingerprint density at radius 3 is 2.40 bits per heavy atom. The maximum absolute atomic E-state index is 13.4. The molecule has 0 saturated carbocycles. The summed E-state index contributed by atoms with van der Waals surface area (Å²) in [5.41, 5.74) is 0.626. The highest BCUT2D eigenvalue weighted by molar-refractivity contribution is 5.91. The molecule has 3 N–H and O–H groups in total. The van der Waals surface area contributed by atoms with Gasteiger partial charge in [0, 0.05) is 0 Å². The second-order valence-corrected chi connectivity index (χ2v) is 5.41. The second-order valence-electron chi connectivity index (χ2n) is 5.41. The number of hydrogen-bond acceptors (Lipinski definition) is 3. The van der Waals surface area contributed by atoms with Crippen molar-refractivity contribution in [3.63, 3.8) is 0 Å². The minimum Gasteiger partial charge on any atom is -0.481 e. The Hall–Kier alpha value is -3.22. The minimum atomic E-state index is -1.16. The highest BCUT2D eigenvalue weighted by atomic mass is 19.1. The Morgan fingerprint density at radius 2 is 1.76 bits per heavy atom. The predicted octanol–water partition coefficient (Wildman–Crippen LogP) is 2.40. The van der Waals surface area contributed by atoms with E-state index in [2.05, 4.69) is 5.32 Å². The molecule has 0 aliphatic heterocycles. The van der Waals surface area contributed by atoms with Gasteiger partial charge < -0.3 is 15.5 Å². The van der Waals surface area contributed by atoms with Crippen LogP contribution in [0.15, 0.2) is 48.5 Å². The summed E-state index contributed by atoms with van der Waals surface area (Å²) in [6.45, 7) is 0. The zero-order chi connectivity index (χ0) is 18.4. The van der Waals surface area contributed by atoms with Gasteiger partial charge in [-0.1, -0.05) is 30.3 Å². The summed E-state index contributed by atoms with van der Waals surface area (Å²) in [4.78, 5) is 34.5. The van der Waals surface area contributed by atoms with E-state index >= 15 is 0 Å². The molecule has 2 rings (SSSR count). The zero-order valence-corrected chi connectivity index (χ0v) is 13.1. The topological polar surface area (TPSA) is 104 Å². The summed E-state index contributed by atoms with van der Waals surface area (Å²) in [5, 5.41) is 20.7.